The van der Waals surface area contributed by atoms with Crippen molar-refractivity contribution >= 4 is 17.1 Å². The zero-order valence-electron chi connectivity index (χ0n) is 17.5. The molecule has 10 nitrogen and oxygen atoms in total. The molecule has 0 aliphatic rings. The van der Waals surface area contributed by atoms with Gasteiger partial charge in [0.1, 0.15) is 11.6 Å². The zero-order chi connectivity index (χ0) is 22.7. The Kier molecular flexibility index (Phi) is 5.95. The van der Waals surface area contributed by atoms with Crippen LogP contribution in [0, 0.1) is 0 Å². The van der Waals surface area contributed by atoms with Crippen molar-refractivity contribution in [3.05, 3.63) is 58.4 Å². The van der Waals surface area contributed by atoms with Gasteiger partial charge in [0.15, 0.2) is 11.6 Å². The van der Waals surface area contributed by atoms with Gasteiger partial charge in [-0.05, 0) is 35.7 Å². The van der Waals surface area contributed by atoms with E-state index in [9.17, 15) is 14.7 Å². The van der Waals surface area contributed by atoms with Crippen molar-refractivity contribution in [1.29, 1.82) is 0 Å². The number of aliphatic carboxylic acids is 1. The van der Waals surface area contributed by atoms with Gasteiger partial charge in [0.2, 0.25) is 5.65 Å². The third-order valence-corrected chi connectivity index (χ3v) is 4.97. The number of ether oxygens (including phenoxy) is 2. The molecule has 0 bridgehead atoms. The van der Waals surface area contributed by atoms with Crippen molar-refractivity contribution < 1.29 is 19.4 Å². The van der Waals surface area contributed by atoms with Gasteiger partial charge in [-0.25, -0.2) is 9.78 Å². The minimum atomic E-state index is -1.01. The first-order valence-electron chi connectivity index (χ1n) is 9.93. The highest BCUT2D eigenvalue weighted by molar-refractivity contribution is 5.77. The summed E-state index contributed by atoms with van der Waals surface area (Å²) >= 11 is 0. The second kappa shape index (κ2) is 8.98. The SMILES string of the molecule is CCOc1cc(-c2cccc(C[C@@H](OC)C(=O)O)c2)ccc1-c1nc2n[nH]nc2c(=O)[nH]1. The van der Waals surface area contributed by atoms with Crippen molar-refractivity contribution in [3.8, 4) is 28.3 Å². The maximum absolute atomic E-state index is 12.3. The number of hydrogen-bond donors (Lipinski definition) is 3. The Bertz CT molecular complexity index is 1330. The summed E-state index contributed by atoms with van der Waals surface area (Å²) in [6.45, 7) is 2.28. The molecule has 0 saturated heterocycles. The lowest BCUT2D eigenvalue weighted by molar-refractivity contribution is -0.148. The number of carboxylic acids is 1. The van der Waals surface area contributed by atoms with Crippen LogP contribution >= 0.6 is 0 Å². The topological polar surface area (TPSA) is 143 Å². The average molecular weight is 435 g/mol. The fourth-order valence-corrected chi connectivity index (χ4v) is 3.42. The summed E-state index contributed by atoms with van der Waals surface area (Å²) in [5.41, 5.74) is 3.16. The Morgan fingerprint density at radius 2 is 1.97 bits per heavy atom. The second-order valence-corrected chi connectivity index (χ2v) is 7.02. The van der Waals surface area contributed by atoms with Crippen molar-refractivity contribution in [3.63, 3.8) is 0 Å². The molecule has 0 aliphatic heterocycles. The van der Waals surface area contributed by atoms with Gasteiger partial charge < -0.3 is 19.6 Å². The summed E-state index contributed by atoms with van der Waals surface area (Å²) in [6.07, 6.45) is -0.667. The number of H-pyrrole nitrogens is 2. The van der Waals surface area contributed by atoms with E-state index in [-0.39, 0.29) is 17.6 Å². The molecule has 10 heteroatoms. The van der Waals surface area contributed by atoms with Gasteiger partial charge in [-0.1, -0.05) is 30.3 Å². The summed E-state index contributed by atoms with van der Waals surface area (Å²) in [4.78, 5) is 30.7. The van der Waals surface area contributed by atoms with Gasteiger partial charge in [-0.3, -0.25) is 4.79 Å². The predicted octanol–water partition coefficient (Wildman–Crippen LogP) is 2.42. The van der Waals surface area contributed by atoms with Gasteiger partial charge >= 0.3 is 5.97 Å². The Morgan fingerprint density at radius 1 is 1.16 bits per heavy atom. The number of carboxylic acid groups (broad SMARTS) is 1. The van der Waals surface area contributed by atoms with E-state index >= 15 is 0 Å². The molecule has 0 amide bonds. The molecule has 4 rings (SSSR count). The molecule has 1 atom stereocenters. The minimum absolute atomic E-state index is 0.135. The molecule has 0 saturated carbocycles. The molecule has 0 unspecified atom stereocenters. The van der Waals surface area contributed by atoms with Crippen molar-refractivity contribution in [1.82, 2.24) is 25.4 Å². The largest absolute Gasteiger partial charge is 0.493 e. The van der Waals surface area contributed by atoms with Gasteiger partial charge in [0.25, 0.3) is 5.56 Å². The molecular formula is C22H21N5O5. The van der Waals surface area contributed by atoms with Crippen LogP contribution < -0.4 is 10.3 Å². The lowest BCUT2D eigenvalue weighted by Gasteiger charge is -2.14. The number of fused-ring (bicyclic) bond motifs is 1. The lowest BCUT2D eigenvalue weighted by atomic mass is 9.98. The van der Waals surface area contributed by atoms with Crippen LogP contribution in [0.3, 0.4) is 0 Å². The van der Waals surface area contributed by atoms with E-state index < -0.39 is 17.6 Å². The van der Waals surface area contributed by atoms with Crippen LogP contribution in [-0.2, 0) is 16.0 Å². The Hall–Kier alpha value is -4.05. The van der Waals surface area contributed by atoms with Crippen molar-refractivity contribution in [2.24, 2.45) is 0 Å². The van der Waals surface area contributed by atoms with Crippen LogP contribution in [0.4, 0.5) is 0 Å². The first-order valence-corrected chi connectivity index (χ1v) is 9.93. The number of aromatic amines is 2. The van der Waals surface area contributed by atoms with Crippen molar-refractivity contribution in [2.45, 2.75) is 19.4 Å². The van der Waals surface area contributed by atoms with Gasteiger partial charge in [0, 0.05) is 13.5 Å². The summed E-state index contributed by atoms with van der Waals surface area (Å²) in [6, 6.07) is 13.1. The average Bonchev–Trinajstić information content (AvgIpc) is 3.27. The van der Waals surface area contributed by atoms with Crippen LogP contribution in [0.15, 0.2) is 47.3 Å². The van der Waals surface area contributed by atoms with E-state index in [1.54, 1.807) is 0 Å². The molecule has 32 heavy (non-hydrogen) atoms. The molecule has 0 aliphatic carbocycles. The Balaban J connectivity index is 1.72. The van der Waals surface area contributed by atoms with E-state index in [2.05, 4.69) is 25.4 Å². The third-order valence-electron chi connectivity index (χ3n) is 4.97. The number of hydrogen-bond acceptors (Lipinski definition) is 7. The maximum Gasteiger partial charge on any atom is 0.333 e. The summed E-state index contributed by atoms with van der Waals surface area (Å²) < 4.78 is 10.9. The standard InChI is InChI=1S/C22H21N5O5/c1-3-32-16-11-14(13-6-4-5-12(9-13)10-17(31-2)22(29)30)7-8-15(16)19-23-20-18(21(28)24-19)25-27-26-20/h4-9,11,17H,3,10H2,1-2H3,(H,29,30)(H2,23,24,25,26,27,28)/t17-/m1/s1. The maximum atomic E-state index is 12.3. The van der Waals surface area contributed by atoms with E-state index in [0.29, 0.717) is 23.7 Å². The molecule has 2 aromatic carbocycles. The van der Waals surface area contributed by atoms with E-state index in [0.717, 1.165) is 16.7 Å². The molecule has 4 aromatic rings. The molecule has 0 spiro atoms. The quantitative estimate of drug-likeness (QED) is 0.383. The number of nitrogens with one attached hydrogen (secondary N) is 2. The Morgan fingerprint density at radius 3 is 2.72 bits per heavy atom. The molecule has 0 fully saturated rings. The Labute approximate surface area is 182 Å². The highest BCUT2D eigenvalue weighted by Crippen LogP contribution is 2.33. The highest BCUT2D eigenvalue weighted by Gasteiger charge is 2.18. The zero-order valence-corrected chi connectivity index (χ0v) is 17.5. The monoisotopic (exact) mass is 435 g/mol. The van der Waals surface area contributed by atoms with E-state index in [1.165, 1.54) is 7.11 Å². The first kappa shape index (κ1) is 21.2. The lowest BCUT2D eigenvalue weighted by Crippen LogP contribution is -2.24. The number of aromatic nitrogens is 5. The fraction of sp³-hybridized carbons (Fsp3) is 0.227. The number of rotatable bonds is 8. The van der Waals surface area contributed by atoms with E-state index in [1.807, 2.05) is 49.4 Å². The van der Waals surface area contributed by atoms with Gasteiger partial charge in [-0.15, -0.1) is 10.2 Å². The molecule has 2 heterocycles. The molecular weight excluding hydrogens is 414 g/mol. The van der Waals surface area contributed by atoms with Gasteiger partial charge in [-0.2, -0.15) is 5.21 Å². The first-order chi connectivity index (χ1) is 15.5. The van der Waals surface area contributed by atoms with Gasteiger partial charge in [0.05, 0.1) is 12.2 Å². The predicted molar refractivity (Wildman–Crippen MR) is 116 cm³/mol. The summed E-state index contributed by atoms with van der Waals surface area (Å²) in [5, 5.41) is 19.3. The van der Waals surface area contributed by atoms with Crippen LogP contribution in [0.25, 0.3) is 33.7 Å². The molecule has 0 radical (unpaired) electrons. The molecule has 2 aromatic heterocycles. The summed E-state index contributed by atoms with van der Waals surface area (Å²) in [7, 11) is 1.38. The summed E-state index contributed by atoms with van der Waals surface area (Å²) in [5.74, 6) is -0.141. The highest BCUT2D eigenvalue weighted by atomic mass is 16.5. The van der Waals surface area contributed by atoms with Crippen LogP contribution in [0.1, 0.15) is 12.5 Å². The smallest absolute Gasteiger partial charge is 0.333 e. The third kappa shape index (κ3) is 4.21. The van der Waals surface area contributed by atoms with Crippen molar-refractivity contribution in [2.75, 3.05) is 13.7 Å². The minimum Gasteiger partial charge on any atom is -0.493 e. The second-order valence-electron chi connectivity index (χ2n) is 7.02. The number of nitrogens with zero attached hydrogens (tertiary/aromatic N) is 3. The molecule has 3 N–H and O–H groups in total. The fourth-order valence-electron chi connectivity index (χ4n) is 3.42. The van der Waals surface area contributed by atoms with E-state index in [4.69, 9.17) is 9.47 Å². The van der Waals surface area contributed by atoms with Crippen LogP contribution in [0.5, 0.6) is 5.75 Å². The number of carbonyl (C=O) groups is 1. The van der Waals surface area contributed by atoms with Crippen LogP contribution in [-0.4, -0.2) is 56.3 Å². The number of benzene rings is 2. The normalized spacial score (nSPS) is 12.1. The molecule has 164 valence electrons. The number of methoxy groups -OCH3 is 1. The van der Waals surface area contributed by atoms with Crippen LogP contribution in [0.2, 0.25) is 0 Å².